The quantitative estimate of drug-likeness (QED) is 0.290. The summed E-state index contributed by atoms with van der Waals surface area (Å²) in [7, 11) is 0. The zero-order valence-corrected chi connectivity index (χ0v) is 17.9. The van der Waals surface area contributed by atoms with E-state index < -0.39 is 11.8 Å². The first-order valence-electron chi connectivity index (χ1n) is 10.2. The summed E-state index contributed by atoms with van der Waals surface area (Å²) in [5.74, 6) is -0.980. The van der Waals surface area contributed by atoms with E-state index in [1.54, 1.807) is 16.8 Å². The number of nitrogens with two attached hydrogens (primary N) is 1. The summed E-state index contributed by atoms with van der Waals surface area (Å²) in [6, 6.07) is 11.5. The minimum absolute atomic E-state index is 0.0240. The fourth-order valence-electron chi connectivity index (χ4n) is 3.15. The molecule has 0 saturated heterocycles. The lowest BCUT2D eigenvalue weighted by atomic mass is 10.1. The van der Waals surface area contributed by atoms with Crippen molar-refractivity contribution in [2.24, 2.45) is 5.73 Å². The molecule has 3 heterocycles. The van der Waals surface area contributed by atoms with Crippen LogP contribution in [-0.2, 0) is 16.1 Å². The zero-order chi connectivity index (χ0) is 23.2. The van der Waals surface area contributed by atoms with Crippen LogP contribution in [0.25, 0.3) is 22.9 Å². The van der Waals surface area contributed by atoms with Crippen LogP contribution in [0.1, 0.15) is 11.1 Å². The van der Waals surface area contributed by atoms with E-state index in [1.165, 1.54) is 6.26 Å². The molecule has 0 aliphatic heterocycles. The van der Waals surface area contributed by atoms with E-state index in [1.807, 2.05) is 31.2 Å². The van der Waals surface area contributed by atoms with Crippen LogP contribution in [0.15, 0.2) is 53.4 Å². The van der Waals surface area contributed by atoms with Gasteiger partial charge in [0.1, 0.15) is 24.3 Å². The molecule has 0 saturated carbocycles. The van der Waals surface area contributed by atoms with Crippen molar-refractivity contribution >= 4 is 11.8 Å². The summed E-state index contributed by atoms with van der Waals surface area (Å²) in [5.41, 5.74) is 9.15. The Hall–Kier alpha value is -4.12. The van der Waals surface area contributed by atoms with Gasteiger partial charge in [0.15, 0.2) is 17.5 Å². The maximum atomic E-state index is 14.2. The lowest BCUT2D eigenvalue weighted by molar-refractivity contribution is -0.141. The number of hydrogen-bond acceptors (Lipinski definition) is 9. The average molecular weight is 451 g/mol. The normalized spacial score (nSPS) is 10.9. The molecule has 11 heteroatoms. The third kappa shape index (κ3) is 5.21. The fraction of sp³-hybridized carbons (Fsp3) is 0.227. The van der Waals surface area contributed by atoms with Crippen LogP contribution in [-0.4, -0.2) is 50.6 Å². The smallest absolute Gasteiger partial charge is 0.319 e. The predicted octanol–water partition coefficient (Wildman–Crippen LogP) is 2.40. The number of aryl methyl sites for hydroxylation is 1. The van der Waals surface area contributed by atoms with E-state index in [0.29, 0.717) is 23.6 Å². The van der Waals surface area contributed by atoms with Crippen LogP contribution in [0.4, 0.5) is 10.2 Å². The van der Waals surface area contributed by atoms with Crippen LogP contribution in [0.3, 0.4) is 0 Å². The van der Waals surface area contributed by atoms with E-state index in [4.69, 9.17) is 15.0 Å². The summed E-state index contributed by atoms with van der Waals surface area (Å²) >= 11 is 0. The largest absolute Gasteiger partial charge is 0.463 e. The minimum Gasteiger partial charge on any atom is -0.463 e. The number of halogens is 1. The maximum absolute atomic E-state index is 14.2. The van der Waals surface area contributed by atoms with Gasteiger partial charge in [-0.1, -0.05) is 29.4 Å². The number of anilines is 1. The molecule has 3 aromatic heterocycles. The van der Waals surface area contributed by atoms with Gasteiger partial charge in [0.25, 0.3) is 0 Å². The van der Waals surface area contributed by atoms with Gasteiger partial charge in [0.2, 0.25) is 0 Å². The Morgan fingerprint density at radius 1 is 1.27 bits per heavy atom. The minimum atomic E-state index is -0.639. The van der Waals surface area contributed by atoms with Gasteiger partial charge in [-0.05, 0) is 24.1 Å². The molecule has 0 fully saturated rings. The number of ether oxygens (including phenoxy) is 1. The van der Waals surface area contributed by atoms with Crippen molar-refractivity contribution in [3.8, 4) is 22.9 Å². The molecule has 1 aromatic carbocycles. The molecule has 0 bridgehead atoms. The molecule has 0 amide bonds. The van der Waals surface area contributed by atoms with E-state index in [0.717, 1.165) is 17.3 Å². The van der Waals surface area contributed by atoms with Gasteiger partial charge in [0, 0.05) is 6.07 Å². The first-order chi connectivity index (χ1) is 16.0. The highest BCUT2D eigenvalue weighted by Crippen LogP contribution is 2.26. The second kappa shape index (κ2) is 10.0. The van der Waals surface area contributed by atoms with Crippen LogP contribution < -0.4 is 11.1 Å². The topological polar surface area (TPSA) is 134 Å². The predicted molar refractivity (Wildman–Crippen MR) is 117 cm³/mol. The van der Waals surface area contributed by atoms with E-state index in [2.05, 4.69) is 25.5 Å². The van der Waals surface area contributed by atoms with Crippen LogP contribution >= 0.6 is 0 Å². The lowest BCUT2D eigenvalue weighted by Crippen LogP contribution is -2.20. The number of nitrogens with zero attached hydrogens (tertiary/aromatic N) is 5. The number of carbonyl (C=O) groups excluding carboxylic acids is 1. The molecule has 170 valence electrons. The first kappa shape index (κ1) is 22.1. The van der Waals surface area contributed by atoms with E-state index in [-0.39, 0.29) is 31.3 Å². The Morgan fingerprint density at radius 2 is 2.12 bits per heavy atom. The van der Waals surface area contributed by atoms with Gasteiger partial charge in [-0.2, -0.15) is 5.10 Å². The second-order valence-electron chi connectivity index (χ2n) is 7.13. The maximum Gasteiger partial charge on any atom is 0.319 e. The summed E-state index contributed by atoms with van der Waals surface area (Å²) in [4.78, 5) is 19.5. The molecule has 10 nitrogen and oxygen atoms in total. The summed E-state index contributed by atoms with van der Waals surface area (Å²) in [5, 5.41) is 11.5. The van der Waals surface area contributed by atoms with Gasteiger partial charge in [0.05, 0.1) is 31.5 Å². The van der Waals surface area contributed by atoms with Gasteiger partial charge < -0.3 is 20.3 Å². The number of hydrogen-bond donors (Lipinski definition) is 2. The highest BCUT2D eigenvalue weighted by Gasteiger charge is 2.18. The fourth-order valence-corrected chi connectivity index (χ4v) is 3.15. The van der Waals surface area contributed by atoms with E-state index in [9.17, 15) is 9.18 Å². The summed E-state index contributed by atoms with van der Waals surface area (Å²) in [6.07, 6.45) is 2.54. The molecule has 0 spiro atoms. The number of aromatic nitrogens is 5. The third-order valence-corrected chi connectivity index (χ3v) is 4.86. The summed E-state index contributed by atoms with van der Waals surface area (Å²) in [6.45, 7) is 2.49. The standard InChI is InChI=1S/C22H22FN7O3/c1-14-4-2-3-5-15(14)13-30-19(17-6-8-33-29-17)10-18(28-30)22-26-12-16(23)21(27-22)25-7-9-32-20(31)11-24/h2-6,8,10,12H,7,9,11,13,24H2,1H3,(H,25,26,27). The lowest BCUT2D eigenvalue weighted by Gasteiger charge is -2.08. The van der Waals surface area contributed by atoms with Crippen molar-refractivity contribution in [3.05, 3.63) is 65.8 Å². The Balaban J connectivity index is 1.61. The van der Waals surface area contributed by atoms with Crippen LogP contribution in [0, 0.1) is 12.7 Å². The number of carbonyl (C=O) groups is 1. The van der Waals surface area contributed by atoms with Crippen molar-refractivity contribution in [2.75, 3.05) is 25.0 Å². The highest BCUT2D eigenvalue weighted by atomic mass is 19.1. The Labute approximate surface area is 188 Å². The van der Waals surface area contributed by atoms with Gasteiger partial charge >= 0.3 is 5.97 Å². The van der Waals surface area contributed by atoms with Gasteiger partial charge in [-0.3, -0.25) is 9.48 Å². The van der Waals surface area contributed by atoms with Crippen molar-refractivity contribution in [3.63, 3.8) is 0 Å². The number of benzene rings is 1. The Kier molecular flexibility index (Phi) is 6.69. The Morgan fingerprint density at radius 3 is 2.88 bits per heavy atom. The molecular formula is C22H22FN7O3. The zero-order valence-electron chi connectivity index (χ0n) is 17.9. The molecule has 4 rings (SSSR count). The molecule has 4 aromatic rings. The molecule has 33 heavy (non-hydrogen) atoms. The molecule has 0 atom stereocenters. The van der Waals surface area contributed by atoms with Crippen LogP contribution in [0.2, 0.25) is 0 Å². The van der Waals surface area contributed by atoms with Crippen molar-refractivity contribution in [2.45, 2.75) is 13.5 Å². The molecular weight excluding hydrogens is 429 g/mol. The number of nitrogens with one attached hydrogen (secondary N) is 1. The second-order valence-corrected chi connectivity index (χ2v) is 7.13. The molecule has 0 unspecified atom stereocenters. The monoisotopic (exact) mass is 451 g/mol. The average Bonchev–Trinajstić information content (AvgIpc) is 3.49. The van der Waals surface area contributed by atoms with Crippen LogP contribution in [0.5, 0.6) is 0 Å². The Bertz CT molecular complexity index is 1240. The first-order valence-corrected chi connectivity index (χ1v) is 10.2. The van der Waals surface area contributed by atoms with Crippen molar-refractivity contribution < 1.29 is 18.4 Å². The number of rotatable bonds is 9. The van der Waals surface area contributed by atoms with E-state index >= 15 is 0 Å². The molecule has 3 N–H and O–H groups in total. The number of esters is 1. The highest BCUT2D eigenvalue weighted by molar-refractivity contribution is 5.71. The molecule has 0 aliphatic carbocycles. The van der Waals surface area contributed by atoms with Gasteiger partial charge in [-0.15, -0.1) is 0 Å². The van der Waals surface area contributed by atoms with Crippen molar-refractivity contribution in [1.82, 2.24) is 24.9 Å². The molecule has 0 radical (unpaired) electrons. The van der Waals surface area contributed by atoms with Crippen molar-refractivity contribution in [1.29, 1.82) is 0 Å². The van der Waals surface area contributed by atoms with Gasteiger partial charge in [-0.25, -0.2) is 14.4 Å². The third-order valence-electron chi connectivity index (χ3n) is 4.86. The summed E-state index contributed by atoms with van der Waals surface area (Å²) < 4.78 is 25.9. The SMILES string of the molecule is Cc1ccccc1Cn1nc(-c2ncc(F)c(NCCOC(=O)CN)n2)cc1-c1ccon1. The molecule has 0 aliphatic rings.